The fourth-order valence-corrected chi connectivity index (χ4v) is 1.41. The van der Waals surface area contributed by atoms with Gasteiger partial charge in [0.1, 0.15) is 5.69 Å². The van der Waals surface area contributed by atoms with Crippen LogP contribution < -0.4 is 5.73 Å². The highest BCUT2D eigenvalue weighted by Gasteiger charge is 2.20. The van der Waals surface area contributed by atoms with Crippen LogP contribution in [0.15, 0.2) is 0 Å². The minimum atomic E-state index is -0.132. The van der Waals surface area contributed by atoms with E-state index in [0.29, 0.717) is 12.2 Å². The first-order valence-corrected chi connectivity index (χ1v) is 4.93. The number of hydrogen-bond acceptors (Lipinski definition) is 5. The van der Waals surface area contributed by atoms with Crippen LogP contribution in [0.3, 0.4) is 0 Å². The van der Waals surface area contributed by atoms with Gasteiger partial charge in [-0.25, -0.2) is 4.68 Å². The van der Waals surface area contributed by atoms with Crippen LogP contribution in [0.25, 0.3) is 0 Å². The van der Waals surface area contributed by atoms with Crippen molar-refractivity contribution in [1.82, 2.24) is 15.0 Å². The largest absolute Gasteiger partial charge is 0.394 e. The van der Waals surface area contributed by atoms with Crippen LogP contribution in [0.5, 0.6) is 0 Å². The summed E-state index contributed by atoms with van der Waals surface area (Å²) in [5, 5.41) is 17.0. The maximum Gasteiger partial charge on any atom is 0.102 e. The quantitative estimate of drug-likeness (QED) is 0.720. The molecule has 86 valence electrons. The molecule has 0 saturated heterocycles. The summed E-state index contributed by atoms with van der Waals surface area (Å²) in [6, 6.07) is -0.120. The number of aromatic nitrogens is 3. The van der Waals surface area contributed by atoms with E-state index in [1.165, 1.54) is 0 Å². The molecule has 0 bridgehead atoms. The number of aliphatic hydroxyl groups is 1. The summed E-state index contributed by atoms with van der Waals surface area (Å²) in [5.74, 6) is 0. The Morgan fingerprint density at radius 3 is 2.67 bits per heavy atom. The Morgan fingerprint density at radius 1 is 1.53 bits per heavy atom. The first-order valence-electron chi connectivity index (χ1n) is 4.93. The highest BCUT2D eigenvalue weighted by molar-refractivity contribution is 5.13. The molecule has 2 atom stereocenters. The van der Waals surface area contributed by atoms with Crippen LogP contribution in [0.2, 0.25) is 0 Å². The predicted molar refractivity (Wildman–Crippen MR) is 55.1 cm³/mol. The zero-order valence-corrected chi connectivity index (χ0v) is 9.34. The highest BCUT2D eigenvalue weighted by atomic mass is 16.5. The van der Waals surface area contributed by atoms with Crippen molar-refractivity contribution >= 4 is 0 Å². The number of hydrogen-bond donors (Lipinski definition) is 2. The van der Waals surface area contributed by atoms with Crippen LogP contribution in [0.1, 0.15) is 37.4 Å². The van der Waals surface area contributed by atoms with Gasteiger partial charge in [-0.3, -0.25) is 0 Å². The standard InChI is InChI=1S/C9H18N4O2/c1-6(5-14)13-9(7(2)15-3)8(4-10)11-12-13/h6-7,14H,4-5,10H2,1-3H3. The zero-order chi connectivity index (χ0) is 11.4. The van der Waals surface area contributed by atoms with Crippen molar-refractivity contribution in [1.29, 1.82) is 0 Å². The molecule has 6 nitrogen and oxygen atoms in total. The van der Waals surface area contributed by atoms with Crippen molar-refractivity contribution in [3.63, 3.8) is 0 Å². The molecule has 1 aromatic heterocycles. The first kappa shape index (κ1) is 12.1. The van der Waals surface area contributed by atoms with Crippen molar-refractivity contribution in [3.05, 3.63) is 11.4 Å². The van der Waals surface area contributed by atoms with Gasteiger partial charge in [0.25, 0.3) is 0 Å². The highest BCUT2D eigenvalue weighted by Crippen LogP contribution is 2.21. The second-order valence-electron chi connectivity index (χ2n) is 3.48. The van der Waals surface area contributed by atoms with Gasteiger partial charge in [-0.15, -0.1) is 5.10 Å². The second-order valence-corrected chi connectivity index (χ2v) is 3.48. The van der Waals surface area contributed by atoms with Gasteiger partial charge < -0.3 is 15.6 Å². The van der Waals surface area contributed by atoms with Crippen LogP contribution >= 0.6 is 0 Å². The lowest BCUT2D eigenvalue weighted by Gasteiger charge is -2.16. The average molecular weight is 214 g/mol. The molecule has 1 aromatic rings. The summed E-state index contributed by atoms with van der Waals surface area (Å²) < 4.78 is 6.90. The monoisotopic (exact) mass is 214 g/mol. The number of ether oxygens (including phenoxy) is 1. The van der Waals surface area contributed by atoms with Gasteiger partial charge >= 0.3 is 0 Å². The summed E-state index contributed by atoms with van der Waals surface area (Å²) in [7, 11) is 1.62. The van der Waals surface area contributed by atoms with Gasteiger partial charge in [0.2, 0.25) is 0 Å². The van der Waals surface area contributed by atoms with E-state index in [9.17, 15) is 0 Å². The van der Waals surface area contributed by atoms with Gasteiger partial charge in [0, 0.05) is 13.7 Å². The van der Waals surface area contributed by atoms with Gasteiger partial charge in [0.05, 0.1) is 24.4 Å². The smallest absolute Gasteiger partial charge is 0.102 e. The fourth-order valence-electron chi connectivity index (χ4n) is 1.41. The molecule has 0 spiro atoms. The SMILES string of the molecule is COC(C)c1c(CN)nnn1C(C)CO. The maximum atomic E-state index is 9.09. The Hall–Kier alpha value is -0.980. The van der Waals surface area contributed by atoms with E-state index < -0.39 is 0 Å². The molecule has 1 rings (SSSR count). The van der Waals surface area contributed by atoms with Crippen LogP contribution in [-0.2, 0) is 11.3 Å². The number of aliphatic hydroxyl groups excluding tert-OH is 1. The summed E-state index contributed by atoms with van der Waals surface area (Å²) in [6.45, 7) is 4.09. The first-order chi connectivity index (χ1) is 7.15. The molecule has 3 N–H and O–H groups in total. The molecule has 0 aliphatic heterocycles. The van der Waals surface area contributed by atoms with Crippen LogP contribution in [0, 0.1) is 0 Å². The van der Waals surface area contributed by atoms with Crippen molar-refractivity contribution in [2.24, 2.45) is 5.73 Å². The molecular formula is C9H18N4O2. The van der Waals surface area contributed by atoms with Crippen molar-refractivity contribution in [2.75, 3.05) is 13.7 Å². The lowest BCUT2D eigenvalue weighted by atomic mass is 10.2. The molecular weight excluding hydrogens is 196 g/mol. The van der Waals surface area contributed by atoms with Crippen molar-refractivity contribution in [3.8, 4) is 0 Å². The lowest BCUT2D eigenvalue weighted by Crippen LogP contribution is -2.17. The molecule has 0 aliphatic carbocycles. The Morgan fingerprint density at radius 2 is 2.20 bits per heavy atom. The molecule has 1 heterocycles. The van der Waals surface area contributed by atoms with E-state index in [1.54, 1.807) is 11.8 Å². The Kier molecular flexibility index (Phi) is 4.19. The number of methoxy groups -OCH3 is 1. The molecule has 0 aromatic carbocycles. The molecule has 6 heteroatoms. The van der Waals surface area contributed by atoms with Crippen molar-refractivity contribution in [2.45, 2.75) is 32.5 Å². The summed E-state index contributed by atoms with van der Waals surface area (Å²) in [5.41, 5.74) is 7.11. The van der Waals surface area contributed by atoms with E-state index in [-0.39, 0.29) is 18.8 Å². The number of nitrogens with two attached hydrogens (primary N) is 1. The fraction of sp³-hybridized carbons (Fsp3) is 0.778. The van der Waals surface area contributed by atoms with Crippen LogP contribution in [-0.4, -0.2) is 33.8 Å². The molecule has 0 aliphatic rings. The zero-order valence-electron chi connectivity index (χ0n) is 9.34. The topological polar surface area (TPSA) is 86.2 Å². The third kappa shape index (κ3) is 2.34. The molecule has 15 heavy (non-hydrogen) atoms. The lowest BCUT2D eigenvalue weighted by molar-refractivity contribution is 0.106. The Balaban J connectivity index is 3.10. The predicted octanol–water partition coefficient (Wildman–Crippen LogP) is -0.00250. The van der Waals surface area contributed by atoms with Gasteiger partial charge in [-0.1, -0.05) is 5.21 Å². The third-order valence-electron chi connectivity index (χ3n) is 2.42. The second kappa shape index (κ2) is 5.20. The molecule has 0 fully saturated rings. The van der Waals surface area contributed by atoms with E-state index in [0.717, 1.165) is 5.69 Å². The third-order valence-corrected chi connectivity index (χ3v) is 2.42. The van der Waals surface area contributed by atoms with E-state index in [2.05, 4.69) is 10.3 Å². The van der Waals surface area contributed by atoms with Gasteiger partial charge in [-0.05, 0) is 13.8 Å². The molecule has 0 saturated carbocycles. The average Bonchev–Trinajstić information content (AvgIpc) is 2.70. The molecule has 0 radical (unpaired) electrons. The van der Waals surface area contributed by atoms with E-state index in [1.807, 2.05) is 13.8 Å². The summed E-state index contributed by atoms with van der Waals surface area (Å²) >= 11 is 0. The maximum absolute atomic E-state index is 9.09. The number of nitrogens with zero attached hydrogens (tertiary/aromatic N) is 3. The van der Waals surface area contributed by atoms with E-state index >= 15 is 0 Å². The minimum Gasteiger partial charge on any atom is -0.394 e. The Bertz CT molecular complexity index is 313. The van der Waals surface area contributed by atoms with Gasteiger partial charge in [0.15, 0.2) is 0 Å². The minimum absolute atomic E-state index is 0.0107. The molecule has 2 unspecified atom stereocenters. The van der Waals surface area contributed by atoms with Crippen molar-refractivity contribution < 1.29 is 9.84 Å². The molecule has 0 amide bonds. The normalized spacial score (nSPS) is 15.3. The van der Waals surface area contributed by atoms with Gasteiger partial charge in [-0.2, -0.15) is 0 Å². The summed E-state index contributed by atoms with van der Waals surface area (Å²) in [6.07, 6.45) is -0.132. The van der Waals surface area contributed by atoms with E-state index in [4.69, 9.17) is 15.6 Å². The summed E-state index contributed by atoms with van der Waals surface area (Å²) in [4.78, 5) is 0. The Labute approximate surface area is 89.0 Å². The number of rotatable bonds is 5. The van der Waals surface area contributed by atoms with Crippen LogP contribution in [0.4, 0.5) is 0 Å².